The van der Waals surface area contributed by atoms with Gasteiger partial charge < -0.3 is 37.6 Å². The number of nitrogens with one attached hydrogen (secondary N) is 1. The lowest BCUT2D eigenvalue weighted by atomic mass is 10.5. The van der Waals surface area contributed by atoms with E-state index in [1.165, 1.54) is 0 Å². The highest BCUT2D eigenvalue weighted by molar-refractivity contribution is 6.60. The van der Waals surface area contributed by atoms with Gasteiger partial charge in [0, 0.05) is 65.3 Å². The molecule has 0 radical (unpaired) electrons. The second kappa shape index (κ2) is 20.4. The molecule has 0 aromatic rings. The van der Waals surface area contributed by atoms with Gasteiger partial charge >= 0.3 is 17.6 Å². The highest BCUT2D eigenvalue weighted by Gasteiger charge is 2.39. The van der Waals surface area contributed by atoms with Gasteiger partial charge in [-0.2, -0.15) is 0 Å². The smallest absolute Gasteiger partial charge is 0.374 e. The molecule has 0 saturated heterocycles. The Morgan fingerprint density at radius 3 is 1.36 bits per heavy atom. The number of hydrogen-bond donors (Lipinski definition) is 2. The number of hydrogen-bond acceptors (Lipinski definition) is 8. The molecule has 0 unspecified atom stereocenters. The first-order chi connectivity index (χ1) is 13.4. The summed E-state index contributed by atoms with van der Waals surface area (Å²) in [6.07, 6.45) is 0.992. The molecule has 3 N–H and O–H groups in total. The van der Waals surface area contributed by atoms with Gasteiger partial charge in [0.1, 0.15) is 0 Å². The summed E-state index contributed by atoms with van der Waals surface area (Å²) < 4.78 is 33.5. The van der Waals surface area contributed by atoms with Crippen molar-refractivity contribution in [3.05, 3.63) is 0 Å². The average molecular weight is 443 g/mol. The minimum atomic E-state index is -2.43. The van der Waals surface area contributed by atoms with Crippen molar-refractivity contribution < 1.29 is 26.6 Å². The van der Waals surface area contributed by atoms with Crippen LogP contribution in [0.3, 0.4) is 0 Å². The Balaban J connectivity index is 0. The third kappa shape index (κ3) is 16.0. The van der Waals surface area contributed by atoms with E-state index in [0.29, 0.717) is 46.2 Å². The summed E-state index contributed by atoms with van der Waals surface area (Å²) in [5, 5.41) is 3.26. The molecule has 0 aliphatic rings. The minimum Gasteiger partial charge on any atom is -0.374 e. The zero-order valence-electron chi connectivity index (χ0n) is 19.3. The third-order valence-corrected chi connectivity index (χ3v) is 9.06. The maximum Gasteiger partial charge on any atom is 0.500 e. The monoisotopic (exact) mass is 442 g/mol. The number of nitrogens with two attached hydrogens (primary N) is 1. The summed E-state index contributed by atoms with van der Waals surface area (Å²) in [4.78, 5) is 0. The molecular formula is C18H46N2O6Si2. The van der Waals surface area contributed by atoms with Crippen molar-refractivity contribution >= 4 is 17.6 Å². The van der Waals surface area contributed by atoms with Crippen LogP contribution in [0.15, 0.2) is 0 Å². The van der Waals surface area contributed by atoms with E-state index < -0.39 is 17.6 Å². The maximum absolute atomic E-state index is 5.76. The molecule has 0 aliphatic heterocycles. The lowest BCUT2D eigenvalue weighted by molar-refractivity contribution is 0.0707. The molecule has 0 bridgehead atoms. The van der Waals surface area contributed by atoms with Crippen LogP contribution in [0.1, 0.15) is 48.0 Å². The van der Waals surface area contributed by atoms with Crippen molar-refractivity contribution in [2.75, 3.05) is 59.3 Å². The fourth-order valence-electron chi connectivity index (χ4n) is 2.57. The first-order valence-electron chi connectivity index (χ1n) is 10.7. The Hall–Kier alpha value is 0.114. The predicted molar refractivity (Wildman–Crippen MR) is 118 cm³/mol. The van der Waals surface area contributed by atoms with Crippen LogP contribution in [-0.2, 0) is 26.6 Å². The van der Waals surface area contributed by atoms with E-state index in [0.717, 1.165) is 25.6 Å². The molecule has 0 aromatic heterocycles. The maximum atomic E-state index is 5.76. The van der Waals surface area contributed by atoms with E-state index >= 15 is 0 Å². The van der Waals surface area contributed by atoms with Crippen LogP contribution in [0.2, 0.25) is 12.6 Å². The molecule has 0 aromatic carbocycles. The summed E-state index contributed by atoms with van der Waals surface area (Å²) in [6.45, 7) is 20.0. The molecule has 0 aliphatic carbocycles. The second-order valence-corrected chi connectivity index (χ2v) is 11.1. The van der Waals surface area contributed by atoms with Crippen LogP contribution in [0.25, 0.3) is 0 Å². The summed E-state index contributed by atoms with van der Waals surface area (Å²) >= 11 is 0. The van der Waals surface area contributed by atoms with Gasteiger partial charge in [-0.1, -0.05) is 0 Å². The molecule has 172 valence electrons. The Morgan fingerprint density at radius 2 is 1.04 bits per heavy atom. The zero-order valence-corrected chi connectivity index (χ0v) is 21.3. The Labute approximate surface area is 175 Å². The predicted octanol–water partition coefficient (Wildman–Crippen LogP) is 2.64. The highest BCUT2D eigenvalue weighted by Crippen LogP contribution is 2.17. The van der Waals surface area contributed by atoms with Crippen molar-refractivity contribution in [2.24, 2.45) is 5.73 Å². The molecule has 0 rings (SSSR count). The molecule has 0 fully saturated rings. The van der Waals surface area contributed by atoms with Crippen LogP contribution in [0.4, 0.5) is 0 Å². The van der Waals surface area contributed by atoms with Crippen LogP contribution >= 0.6 is 0 Å². The SMILES string of the molecule is CCO[Si](C)(OCC)OCC.CCO[Si](CCCNCCN)(OCC)OCC. The largest absolute Gasteiger partial charge is 0.500 e. The lowest BCUT2D eigenvalue weighted by Crippen LogP contribution is -2.46. The average Bonchev–Trinajstić information content (AvgIpc) is 2.63. The fraction of sp³-hybridized carbons (Fsp3) is 1.00. The Bertz CT molecular complexity index is 296. The van der Waals surface area contributed by atoms with E-state index in [2.05, 4.69) is 5.32 Å². The third-order valence-electron chi connectivity index (χ3n) is 3.47. The molecule has 0 spiro atoms. The quantitative estimate of drug-likeness (QED) is 0.247. The highest BCUT2D eigenvalue weighted by atomic mass is 28.4. The van der Waals surface area contributed by atoms with Crippen LogP contribution < -0.4 is 11.1 Å². The molecular weight excluding hydrogens is 396 g/mol. The van der Waals surface area contributed by atoms with Gasteiger partial charge in [0.05, 0.1) is 0 Å². The van der Waals surface area contributed by atoms with Crippen molar-refractivity contribution in [3.8, 4) is 0 Å². The lowest BCUT2D eigenvalue weighted by Gasteiger charge is -2.28. The van der Waals surface area contributed by atoms with Crippen molar-refractivity contribution in [3.63, 3.8) is 0 Å². The number of rotatable bonds is 18. The fourth-order valence-corrected chi connectivity index (χ4v) is 7.01. The summed E-state index contributed by atoms with van der Waals surface area (Å²) in [6, 6.07) is 0.861. The van der Waals surface area contributed by atoms with Gasteiger partial charge in [-0.05, 0) is 54.5 Å². The van der Waals surface area contributed by atoms with Gasteiger partial charge in [-0.25, -0.2) is 0 Å². The van der Waals surface area contributed by atoms with E-state index in [4.69, 9.17) is 32.3 Å². The minimum absolute atomic E-state index is 0.641. The molecule has 0 amide bonds. The van der Waals surface area contributed by atoms with Crippen LogP contribution in [0, 0.1) is 0 Å². The molecule has 0 saturated carbocycles. The molecule has 8 nitrogen and oxygen atoms in total. The van der Waals surface area contributed by atoms with Gasteiger partial charge in [0.15, 0.2) is 0 Å². The first-order valence-corrected chi connectivity index (χ1v) is 14.8. The Morgan fingerprint density at radius 1 is 0.643 bits per heavy atom. The van der Waals surface area contributed by atoms with Crippen molar-refractivity contribution in [2.45, 2.75) is 60.6 Å². The standard InChI is InChI=1S/C11H28N2O3Si.C7H18O3Si/c1-4-14-17(15-5-2,16-6-3)11-7-9-13-10-8-12;1-5-8-11(4,9-6-2)10-7-3/h13H,4-12H2,1-3H3;5-7H2,1-4H3. The van der Waals surface area contributed by atoms with Gasteiger partial charge in [0.25, 0.3) is 0 Å². The topological polar surface area (TPSA) is 93.4 Å². The zero-order chi connectivity index (χ0) is 21.7. The molecule has 0 heterocycles. The second-order valence-electron chi connectivity index (χ2n) is 5.79. The summed E-state index contributed by atoms with van der Waals surface area (Å²) in [5.74, 6) is 0. The van der Waals surface area contributed by atoms with Gasteiger partial charge in [-0.15, -0.1) is 0 Å². The normalized spacial score (nSPS) is 12.0. The van der Waals surface area contributed by atoms with Gasteiger partial charge in [0.2, 0.25) is 0 Å². The summed E-state index contributed by atoms with van der Waals surface area (Å²) in [5.41, 5.74) is 5.41. The van der Waals surface area contributed by atoms with E-state index in [1.807, 2.05) is 48.1 Å². The molecule has 28 heavy (non-hydrogen) atoms. The Kier molecular flexibility index (Phi) is 22.1. The van der Waals surface area contributed by atoms with Crippen LogP contribution in [-0.4, -0.2) is 76.9 Å². The summed E-state index contributed by atoms with van der Waals surface area (Å²) in [7, 11) is -4.68. The van der Waals surface area contributed by atoms with Crippen LogP contribution in [0.5, 0.6) is 0 Å². The molecule has 10 heteroatoms. The molecule has 0 atom stereocenters. The van der Waals surface area contributed by atoms with E-state index in [1.54, 1.807) is 0 Å². The van der Waals surface area contributed by atoms with Crippen molar-refractivity contribution in [1.82, 2.24) is 5.32 Å². The van der Waals surface area contributed by atoms with Gasteiger partial charge in [-0.3, -0.25) is 0 Å². The first kappa shape index (κ1) is 30.3. The van der Waals surface area contributed by atoms with E-state index in [-0.39, 0.29) is 0 Å². The van der Waals surface area contributed by atoms with E-state index in [9.17, 15) is 0 Å². The van der Waals surface area contributed by atoms with Crippen molar-refractivity contribution in [1.29, 1.82) is 0 Å².